The fourth-order valence-electron chi connectivity index (χ4n) is 1.85. The Bertz CT molecular complexity index is 323. The van der Waals surface area contributed by atoms with Crippen LogP contribution < -0.4 is 15.5 Å². The number of piperazine rings is 1. The maximum Gasteiger partial charge on any atom is 0.152 e. The van der Waals surface area contributed by atoms with E-state index in [-0.39, 0.29) is 27.4 Å². The van der Waals surface area contributed by atoms with Crippen molar-refractivity contribution in [3.05, 3.63) is 18.3 Å². The van der Waals surface area contributed by atoms with Gasteiger partial charge in [-0.2, -0.15) is 0 Å². The lowest BCUT2D eigenvalue weighted by Gasteiger charge is -2.29. The van der Waals surface area contributed by atoms with Gasteiger partial charge in [0, 0.05) is 38.9 Å². The number of rotatable bonds is 3. The van der Waals surface area contributed by atoms with Crippen molar-refractivity contribution in [1.29, 1.82) is 0 Å². The highest BCUT2D eigenvalue weighted by Crippen LogP contribution is 2.22. The third-order valence-electron chi connectivity index (χ3n) is 2.57. The van der Waals surface area contributed by atoms with E-state index in [4.69, 9.17) is 0 Å². The Kier molecular flexibility index (Phi) is 18.8. The molecule has 2 rings (SSSR count). The Hall–Kier alpha value is -1.49. The molecule has 9 heteroatoms. The standard InChI is InChI=1S/C11H18N4.5H2O/c1-2-13-10-4-3-5-14-11(10)15-8-6-12-7-9-15;;;;;/h3-5,12-13H,2,6-9H2,1H3;5*1H2. The molecule has 20 heavy (non-hydrogen) atoms. The molecule has 9 nitrogen and oxygen atoms in total. The van der Waals surface area contributed by atoms with E-state index in [0.29, 0.717) is 0 Å². The number of aromatic nitrogens is 1. The summed E-state index contributed by atoms with van der Waals surface area (Å²) >= 11 is 0. The van der Waals surface area contributed by atoms with Crippen LogP contribution in [-0.2, 0) is 0 Å². The predicted molar refractivity (Wildman–Crippen MR) is 81.6 cm³/mol. The molecule has 0 saturated carbocycles. The Morgan fingerprint density at radius 1 is 1.15 bits per heavy atom. The van der Waals surface area contributed by atoms with Crippen LogP contribution >= 0.6 is 0 Å². The lowest BCUT2D eigenvalue weighted by molar-refractivity contribution is 0.585. The third kappa shape index (κ3) is 6.61. The van der Waals surface area contributed by atoms with Gasteiger partial charge in [0.25, 0.3) is 0 Å². The molecule has 12 N–H and O–H groups in total. The number of pyridine rings is 1. The highest BCUT2D eigenvalue weighted by atomic mass is 16.0. The molecular weight excluding hydrogens is 268 g/mol. The van der Waals surface area contributed by atoms with E-state index in [1.54, 1.807) is 0 Å². The Labute approximate surface area is 118 Å². The van der Waals surface area contributed by atoms with Crippen LogP contribution in [-0.4, -0.2) is 65.1 Å². The average molecular weight is 296 g/mol. The van der Waals surface area contributed by atoms with E-state index >= 15 is 0 Å². The summed E-state index contributed by atoms with van der Waals surface area (Å²) < 4.78 is 0. The fourth-order valence-corrected chi connectivity index (χ4v) is 1.85. The molecule has 1 fully saturated rings. The summed E-state index contributed by atoms with van der Waals surface area (Å²) in [6.07, 6.45) is 1.86. The lowest BCUT2D eigenvalue weighted by Crippen LogP contribution is -2.44. The van der Waals surface area contributed by atoms with Crippen molar-refractivity contribution in [3.63, 3.8) is 0 Å². The van der Waals surface area contributed by atoms with Gasteiger partial charge in [0.2, 0.25) is 0 Å². The van der Waals surface area contributed by atoms with Gasteiger partial charge in [0.05, 0.1) is 5.69 Å². The molecule has 0 bridgehead atoms. The minimum Gasteiger partial charge on any atom is -0.412 e. The molecule has 0 spiro atoms. The van der Waals surface area contributed by atoms with Crippen molar-refractivity contribution in [3.8, 4) is 0 Å². The third-order valence-corrected chi connectivity index (χ3v) is 2.57. The van der Waals surface area contributed by atoms with Crippen LogP contribution in [0.4, 0.5) is 11.5 Å². The number of anilines is 2. The van der Waals surface area contributed by atoms with Gasteiger partial charge in [-0.3, -0.25) is 0 Å². The summed E-state index contributed by atoms with van der Waals surface area (Å²) in [6.45, 7) is 7.20. The molecule has 0 radical (unpaired) electrons. The molecule has 1 aromatic heterocycles. The van der Waals surface area contributed by atoms with Gasteiger partial charge in [-0.25, -0.2) is 4.98 Å². The molecule has 1 aliphatic heterocycles. The first-order valence-corrected chi connectivity index (χ1v) is 5.56. The number of nitrogens with zero attached hydrogens (tertiary/aromatic N) is 2. The van der Waals surface area contributed by atoms with Crippen LogP contribution in [0.5, 0.6) is 0 Å². The van der Waals surface area contributed by atoms with Gasteiger partial charge >= 0.3 is 0 Å². The SMILES string of the molecule is CCNc1cccnc1N1CCNCC1.O.O.O.O.O. The van der Waals surface area contributed by atoms with Crippen LogP contribution in [0.1, 0.15) is 6.92 Å². The van der Waals surface area contributed by atoms with Crippen LogP contribution in [0.15, 0.2) is 18.3 Å². The first-order valence-electron chi connectivity index (χ1n) is 5.56. The van der Waals surface area contributed by atoms with E-state index < -0.39 is 0 Å². The van der Waals surface area contributed by atoms with Gasteiger partial charge in [0.1, 0.15) is 0 Å². The van der Waals surface area contributed by atoms with E-state index in [1.165, 1.54) is 0 Å². The maximum absolute atomic E-state index is 4.46. The van der Waals surface area contributed by atoms with Gasteiger partial charge in [-0.15, -0.1) is 0 Å². The van der Waals surface area contributed by atoms with Crippen LogP contribution in [0.3, 0.4) is 0 Å². The Morgan fingerprint density at radius 2 is 1.75 bits per heavy atom. The normalized spacial score (nSPS) is 12.3. The van der Waals surface area contributed by atoms with Crippen molar-refractivity contribution >= 4 is 11.5 Å². The largest absolute Gasteiger partial charge is 0.412 e. The summed E-state index contributed by atoms with van der Waals surface area (Å²) in [5, 5.41) is 6.69. The average Bonchev–Trinajstić information content (AvgIpc) is 2.31. The Morgan fingerprint density at radius 3 is 2.30 bits per heavy atom. The second kappa shape index (κ2) is 13.9. The number of hydrogen-bond donors (Lipinski definition) is 2. The number of nitrogens with one attached hydrogen (secondary N) is 2. The summed E-state index contributed by atoms with van der Waals surface area (Å²) in [4.78, 5) is 6.78. The van der Waals surface area contributed by atoms with Crippen LogP contribution in [0, 0.1) is 0 Å². The van der Waals surface area contributed by atoms with Crippen molar-refractivity contribution < 1.29 is 27.4 Å². The van der Waals surface area contributed by atoms with Crippen LogP contribution in [0.2, 0.25) is 0 Å². The molecule has 1 aromatic rings. The van der Waals surface area contributed by atoms with Crippen molar-refractivity contribution in [2.45, 2.75) is 6.92 Å². The molecule has 0 amide bonds. The van der Waals surface area contributed by atoms with E-state index in [9.17, 15) is 0 Å². The molecule has 1 saturated heterocycles. The molecule has 0 aromatic carbocycles. The summed E-state index contributed by atoms with van der Waals surface area (Å²) in [5.74, 6) is 1.08. The molecule has 0 unspecified atom stereocenters. The van der Waals surface area contributed by atoms with E-state index in [0.717, 1.165) is 44.2 Å². The second-order valence-electron chi connectivity index (χ2n) is 3.64. The van der Waals surface area contributed by atoms with Crippen molar-refractivity contribution in [2.24, 2.45) is 0 Å². The van der Waals surface area contributed by atoms with Crippen molar-refractivity contribution in [1.82, 2.24) is 10.3 Å². The smallest absolute Gasteiger partial charge is 0.152 e. The zero-order valence-corrected chi connectivity index (χ0v) is 11.7. The number of hydrogen-bond acceptors (Lipinski definition) is 4. The van der Waals surface area contributed by atoms with Gasteiger partial charge in [0.15, 0.2) is 5.82 Å². The van der Waals surface area contributed by atoms with Crippen molar-refractivity contribution in [2.75, 3.05) is 42.9 Å². The molecule has 0 atom stereocenters. The van der Waals surface area contributed by atoms with Gasteiger partial charge in [-0.05, 0) is 19.1 Å². The summed E-state index contributed by atoms with van der Waals surface area (Å²) in [6, 6.07) is 4.07. The quantitative estimate of drug-likeness (QED) is 0.592. The Balaban J connectivity index is -0.000000256. The minimum atomic E-state index is 0. The fraction of sp³-hybridized carbons (Fsp3) is 0.545. The highest BCUT2D eigenvalue weighted by Gasteiger charge is 2.14. The highest BCUT2D eigenvalue weighted by molar-refractivity contribution is 5.65. The topological polar surface area (TPSA) is 198 Å². The molecular formula is C11H28N4O5. The molecule has 0 aliphatic carbocycles. The first-order chi connectivity index (χ1) is 7.42. The summed E-state index contributed by atoms with van der Waals surface area (Å²) in [7, 11) is 0. The monoisotopic (exact) mass is 296 g/mol. The summed E-state index contributed by atoms with van der Waals surface area (Å²) in [5.41, 5.74) is 1.14. The molecule has 2 heterocycles. The zero-order chi connectivity index (χ0) is 10.5. The van der Waals surface area contributed by atoms with Gasteiger partial charge in [-0.1, -0.05) is 0 Å². The lowest BCUT2D eigenvalue weighted by atomic mass is 10.3. The maximum atomic E-state index is 4.46. The van der Waals surface area contributed by atoms with E-state index in [2.05, 4.69) is 33.5 Å². The first kappa shape index (κ1) is 27.0. The van der Waals surface area contributed by atoms with Gasteiger partial charge < -0.3 is 42.9 Å². The van der Waals surface area contributed by atoms with E-state index in [1.807, 2.05) is 12.3 Å². The zero-order valence-electron chi connectivity index (χ0n) is 11.7. The predicted octanol–water partition coefficient (Wildman–Crippen LogP) is -3.20. The van der Waals surface area contributed by atoms with Crippen LogP contribution in [0.25, 0.3) is 0 Å². The molecule has 1 aliphatic rings. The minimum absolute atomic E-state index is 0. The second-order valence-corrected chi connectivity index (χ2v) is 3.64. The molecule has 122 valence electrons.